The summed E-state index contributed by atoms with van der Waals surface area (Å²) in [4.78, 5) is 11.4. The van der Waals surface area contributed by atoms with E-state index >= 15 is 0 Å². The summed E-state index contributed by atoms with van der Waals surface area (Å²) < 4.78 is 46.3. The number of ether oxygens (including phenoxy) is 2. The fourth-order valence-electron chi connectivity index (χ4n) is 3.33. The van der Waals surface area contributed by atoms with Gasteiger partial charge in [0.15, 0.2) is 11.5 Å². The highest BCUT2D eigenvalue weighted by molar-refractivity contribution is 7.80. The van der Waals surface area contributed by atoms with Crippen LogP contribution >= 0.6 is 0 Å². The summed E-state index contributed by atoms with van der Waals surface area (Å²) in [7, 11) is -2.92. The summed E-state index contributed by atoms with van der Waals surface area (Å²) in [5.74, 6) is 1.25. The van der Waals surface area contributed by atoms with Crippen molar-refractivity contribution in [3.8, 4) is 11.5 Å². The Morgan fingerprint density at radius 2 is 1.96 bits per heavy atom. The minimum absolute atomic E-state index is 0.0317. The highest BCUT2D eigenvalue weighted by Crippen LogP contribution is 2.36. The van der Waals surface area contributed by atoms with Crippen LogP contribution in [0.5, 0.6) is 11.5 Å². The molecule has 0 aromatic heterocycles. The van der Waals surface area contributed by atoms with Crippen LogP contribution in [-0.2, 0) is 19.4 Å². The molecule has 0 bridgehead atoms. The van der Waals surface area contributed by atoms with E-state index in [1.165, 1.54) is 0 Å². The Kier molecular flexibility index (Phi) is 5.16. The SMILES string of the molecule is COc1ccc([C@@H]2CNC(=O)C2)cc1OC1CCC(OS(=O)(=O)O)C1. The average Bonchev–Trinajstić information content (AvgIpc) is 3.15. The van der Waals surface area contributed by atoms with Crippen LogP contribution in [0.15, 0.2) is 18.2 Å². The van der Waals surface area contributed by atoms with E-state index in [2.05, 4.69) is 9.50 Å². The summed E-state index contributed by atoms with van der Waals surface area (Å²) in [5, 5.41) is 2.81. The molecular formula is C16H21NO7S. The van der Waals surface area contributed by atoms with Gasteiger partial charge in [-0.1, -0.05) is 6.07 Å². The normalized spacial score (nSPS) is 26.5. The summed E-state index contributed by atoms with van der Waals surface area (Å²) in [6.45, 7) is 0.596. The first-order valence-corrected chi connectivity index (χ1v) is 9.47. The van der Waals surface area contributed by atoms with Gasteiger partial charge in [0, 0.05) is 25.3 Å². The summed E-state index contributed by atoms with van der Waals surface area (Å²) in [6.07, 6.45) is 1.06. The molecule has 25 heavy (non-hydrogen) atoms. The molecule has 1 aliphatic carbocycles. The van der Waals surface area contributed by atoms with Gasteiger partial charge >= 0.3 is 10.4 Å². The fourth-order valence-corrected chi connectivity index (χ4v) is 3.85. The van der Waals surface area contributed by atoms with Crippen molar-refractivity contribution in [1.82, 2.24) is 5.32 Å². The van der Waals surface area contributed by atoms with Gasteiger partial charge in [0.25, 0.3) is 0 Å². The van der Waals surface area contributed by atoms with Crippen molar-refractivity contribution in [3.05, 3.63) is 23.8 Å². The van der Waals surface area contributed by atoms with Crippen molar-refractivity contribution >= 4 is 16.3 Å². The quantitative estimate of drug-likeness (QED) is 0.728. The summed E-state index contributed by atoms with van der Waals surface area (Å²) >= 11 is 0. The number of benzene rings is 1. The molecule has 1 heterocycles. The van der Waals surface area contributed by atoms with Crippen molar-refractivity contribution in [3.63, 3.8) is 0 Å². The third-order valence-electron chi connectivity index (χ3n) is 4.52. The maximum atomic E-state index is 11.4. The van der Waals surface area contributed by atoms with Crippen molar-refractivity contribution in [1.29, 1.82) is 0 Å². The number of nitrogens with one attached hydrogen (secondary N) is 1. The molecule has 2 N–H and O–H groups in total. The zero-order valence-corrected chi connectivity index (χ0v) is 14.6. The Labute approximate surface area is 146 Å². The highest BCUT2D eigenvalue weighted by atomic mass is 32.3. The second-order valence-corrected chi connectivity index (χ2v) is 7.36. The van der Waals surface area contributed by atoms with Crippen LogP contribution in [-0.4, -0.2) is 44.7 Å². The molecule has 1 aromatic rings. The van der Waals surface area contributed by atoms with Gasteiger partial charge in [-0.15, -0.1) is 0 Å². The zero-order chi connectivity index (χ0) is 18.0. The van der Waals surface area contributed by atoms with Gasteiger partial charge in [0.2, 0.25) is 5.91 Å². The molecule has 1 saturated carbocycles. The first-order chi connectivity index (χ1) is 11.8. The molecule has 0 radical (unpaired) electrons. The van der Waals surface area contributed by atoms with Crippen LogP contribution < -0.4 is 14.8 Å². The maximum absolute atomic E-state index is 11.4. The molecule has 1 aliphatic heterocycles. The van der Waals surface area contributed by atoms with E-state index in [0.717, 1.165) is 5.56 Å². The van der Waals surface area contributed by atoms with Crippen molar-refractivity contribution in [2.75, 3.05) is 13.7 Å². The van der Waals surface area contributed by atoms with E-state index < -0.39 is 16.5 Å². The van der Waals surface area contributed by atoms with Gasteiger partial charge in [0.1, 0.15) is 6.10 Å². The lowest BCUT2D eigenvalue weighted by atomic mass is 9.98. The molecule has 3 atom stereocenters. The highest BCUT2D eigenvalue weighted by Gasteiger charge is 2.31. The van der Waals surface area contributed by atoms with E-state index in [0.29, 0.717) is 43.7 Å². The second-order valence-electron chi connectivity index (χ2n) is 6.31. The molecule has 8 nitrogen and oxygen atoms in total. The lowest BCUT2D eigenvalue weighted by Crippen LogP contribution is -2.18. The lowest BCUT2D eigenvalue weighted by molar-refractivity contribution is -0.119. The van der Waals surface area contributed by atoms with E-state index in [9.17, 15) is 13.2 Å². The Hall–Kier alpha value is -1.84. The van der Waals surface area contributed by atoms with Gasteiger partial charge < -0.3 is 14.8 Å². The van der Waals surface area contributed by atoms with Crippen LogP contribution in [0, 0.1) is 0 Å². The number of amides is 1. The molecule has 9 heteroatoms. The smallest absolute Gasteiger partial charge is 0.397 e. The van der Waals surface area contributed by atoms with Gasteiger partial charge in [-0.2, -0.15) is 8.42 Å². The zero-order valence-electron chi connectivity index (χ0n) is 13.8. The van der Waals surface area contributed by atoms with Crippen LogP contribution in [0.25, 0.3) is 0 Å². The fraction of sp³-hybridized carbons (Fsp3) is 0.562. The Morgan fingerprint density at radius 3 is 2.60 bits per heavy atom. The molecule has 2 fully saturated rings. The molecule has 0 spiro atoms. The van der Waals surface area contributed by atoms with Crippen LogP contribution in [0.1, 0.15) is 37.2 Å². The number of hydrogen-bond acceptors (Lipinski definition) is 6. The number of hydrogen-bond donors (Lipinski definition) is 2. The molecule has 3 rings (SSSR count). The minimum atomic E-state index is -4.46. The first-order valence-electron chi connectivity index (χ1n) is 8.11. The maximum Gasteiger partial charge on any atom is 0.397 e. The average molecular weight is 371 g/mol. The first kappa shape index (κ1) is 18.0. The molecule has 138 valence electrons. The number of rotatable bonds is 6. The second kappa shape index (κ2) is 7.19. The molecule has 1 saturated heterocycles. The van der Waals surface area contributed by atoms with E-state index in [1.807, 2.05) is 12.1 Å². The largest absolute Gasteiger partial charge is 0.493 e. The van der Waals surface area contributed by atoms with Gasteiger partial charge in [-0.25, -0.2) is 4.18 Å². The summed E-state index contributed by atoms with van der Waals surface area (Å²) in [6, 6.07) is 5.57. The molecule has 1 amide bonds. The third kappa shape index (κ3) is 4.62. The van der Waals surface area contributed by atoms with Gasteiger partial charge in [-0.05, 0) is 30.5 Å². The number of carbonyl (C=O) groups is 1. The predicted octanol–water partition coefficient (Wildman–Crippen LogP) is 1.42. The predicted molar refractivity (Wildman–Crippen MR) is 88.1 cm³/mol. The van der Waals surface area contributed by atoms with Gasteiger partial charge in [-0.3, -0.25) is 9.35 Å². The minimum Gasteiger partial charge on any atom is -0.493 e. The monoisotopic (exact) mass is 371 g/mol. The Balaban J connectivity index is 1.70. The third-order valence-corrected chi connectivity index (χ3v) is 5.04. The number of carbonyl (C=O) groups excluding carboxylic acids is 1. The molecule has 1 aromatic carbocycles. The Bertz CT molecular complexity index is 749. The number of methoxy groups -OCH3 is 1. The van der Waals surface area contributed by atoms with E-state index in [-0.39, 0.29) is 17.9 Å². The molecule has 2 aliphatic rings. The van der Waals surface area contributed by atoms with E-state index in [1.54, 1.807) is 13.2 Å². The summed E-state index contributed by atoms with van der Waals surface area (Å²) in [5.41, 5.74) is 0.984. The van der Waals surface area contributed by atoms with Crippen LogP contribution in [0.2, 0.25) is 0 Å². The van der Waals surface area contributed by atoms with Crippen LogP contribution in [0.4, 0.5) is 0 Å². The van der Waals surface area contributed by atoms with Crippen LogP contribution in [0.3, 0.4) is 0 Å². The van der Waals surface area contributed by atoms with Crippen molar-refractivity contribution < 1.29 is 31.4 Å². The topological polar surface area (TPSA) is 111 Å². The van der Waals surface area contributed by atoms with Crippen molar-refractivity contribution in [2.45, 2.75) is 43.8 Å². The van der Waals surface area contributed by atoms with E-state index in [4.69, 9.17) is 14.0 Å². The lowest BCUT2D eigenvalue weighted by Gasteiger charge is -2.18. The Morgan fingerprint density at radius 1 is 1.20 bits per heavy atom. The standard InChI is InChI=1S/C16H21NO7S/c1-22-14-5-2-10(11-7-16(18)17-9-11)6-15(14)23-12-3-4-13(8-12)24-25(19,20)21/h2,5-6,11-13H,3-4,7-9H2,1H3,(H,17,18)(H,19,20,21)/t11-,12?,13?/m0/s1. The van der Waals surface area contributed by atoms with Crippen molar-refractivity contribution in [2.24, 2.45) is 0 Å². The molecule has 2 unspecified atom stereocenters. The van der Waals surface area contributed by atoms with Gasteiger partial charge in [0.05, 0.1) is 13.2 Å². The molecular weight excluding hydrogens is 350 g/mol.